The Morgan fingerprint density at radius 2 is 1.80 bits per heavy atom. The molecule has 1 amide bonds. The molecule has 0 radical (unpaired) electrons. The van der Waals surface area contributed by atoms with Crippen LogP contribution < -0.4 is 27.1 Å². The van der Waals surface area contributed by atoms with Crippen LogP contribution in [0.15, 0.2) is 69.1 Å². The number of aliphatic imine (C=N–C) groups is 1. The van der Waals surface area contributed by atoms with Crippen LogP contribution in [-0.4, -0.2) is 37.7 Å². The van der Waals surface area contributed by atoms with Crippen molar-refractivity contribution in [1.82, 2.24) is 9.88 Å². The van der Waals surface area contributed by atoms with E-state index in [2.05, 4.69) is 10.3 Å². The lowest BCUT2D eigenvalue weighted by Gasteiger charge is -2.12. The third kappa shape index (κ3) is 7.99. The number of nitrogens with one attached hydrogen (secondary N) is 2. The molecular formula is C20H21F3N6O5S. The number of allylic oxidation sites excluding steroid dienone is 1. The molecule has 35 heavy (non-hydrogen) atoms. The molecule has 2 rings (SSSR count). The van der Waals surface area contributed by atoms with Crippen molar-refractivity contribution in [3.05, 3.63) is 70.3 Å². The first kappa shape index (κ1) is 27.1. The molecule has 6 N–H and O–H groups in total. The lowest BCUT2D eigenvalue weighted by molar-refractivity contribution is -0.137. The van der Waals surface area contributed by atoms with Gasteiger partial charge in [-0.1, -0.05) is 6.08 Å². The van der Waals surface area contributed by atoms with Gasteiger partial charge in [0.2, 0.25) is 5.91 Å². The van der Waals surface area contributed by atoms with Crippen molar-refractivity contribution in [1.29, 1.82) is 0 Å². The highest BCUT2D eigenvalue weighted by atomic mass is 32.2. The number of sulfonamides is 1. The van der Waals surface area contributed by atoms with Crippen LogP contribution >= 0.6 is 0 Å². The highest BCUT2D eigenvalue weighted by Gasteiger charge is 2.30. The van der Waals surface area contributed by atoms with Crippen molar-refractivity contribution in [2.24, 2.45) is 16.5 Å². The van der Waals surface area contributed by atoms with E-state index in [4.69, 9.17) is 11.5 Å². The summed E-state index contributed by atoms with van der Waals surface area (Å²) in [6, 6.07) is 5.10. The molecule has 0 bridgehead atoms. The summed E-state index contributed by atoms with van der Waals surface area (Å²) >= 11 is 0. The van der Waals surface area contributed by atoms with Crippen LogP contribution in [-0.2, 0) is 32.3 Å². The third-order valence-electron chi connectivity index (χ3n) is 4.27. The summed E-state index contributed by atoms with van der Waals surface area (Å²) in [5.41, 5.74) is 7.89. The number of benzene rings is 1. The fourth-order valence-corrected chi connectivity index (χ4v) is 3.72. The van der Waals surface area contributed by atoms with Gasteiger partial charge in [0.15, 0.2) is 12.2 Å². The molecular weight excluding hydrogens is 493 g/mol. The van der Waals surface area contributed by atoms with Gasteiger partial charge in [-0.2, -0.15) is 13.2 Å². The largest absolute Gasteiger partial charge is 0.416 e. The van der Waals surface area contributed by atoms with Crippen LogP contribution in [0.3, 0.4) is 0 Å². The monoisotopic (exact) mass is 514 g/mol. The third-order valence-corrected chi connectivity index (χ3v) is 5.65. The molecule has 0 saturated heterocycles. The van der Waals surface area contributed by atoms with Crippen molar-refractivity contribution in [3.63, 3.8) is 0 Å². The predicted molar refractivity (Wildman–Crippen MR) is 121 cm³/mol. The van der Waals surface area contributed by atoms with Crippen LogP contribution in [0.25, 0.3) is 0 Å². The number of rotatable bonds is 10. The van der Waals surface area contributed by atoms with Gasteiger partial charge in [-0.3, -0.25) is 24.1 Å². The predicted octanol–water partition coefficient (Wildman–Crippen LogP) is 0.530. The van der Waals surface area contributed by atoms with E-state index in [1.54, 1.807) is 0 Å². The second-order valence-corrected chi connectivity index (χ2v) is 8.59. The van der Waals surface area contributed by atoms with Crippen molar-refractivity contribution < 1.29 is 31.2 Å². The van der Waals surface area contributed by atoms with E-state index < -0.39 is 50.4 Å². The van der Waals surface area contributed by atoms with E-state index in [0.717, 1.165) is 22.8 Å². The van der Waals surface area contributed by atoms with Crippen LogP contribution in [0.5, 0.6) is 0 Å². The number of nitrogens with zero attached hydrogens (tertiary/aromatic N) is 2. The molecule has 0 aliphatic carbocycles. The van der Waals surface area contributed by atoms with Gasteiger partial charge in [-0.25, -0.2) is 8.42 Å². The van der Waals surface area contributed by atoms with Crippen molar-refractivity contribution in [3.8, 4) is 0 Å². The Hall–Kier alpha value is -4.14. The summed E-state index contributed by atoms with van der Waals surface area (Å²) < 4.78 is 66.0. The van der Waals surface area contributed by atoms with Gasteiger partial charge in [-0.15, -0.1) is 0 Å². The molecule has 0 aliphatic heterocycles. The van der Waals surface area contributed by atoms with Crippen LogP contribution in [0, 0.1) is 0 Å². The van der Waals surface area contributed by atoms with E-state index in [1.165, 1.54) is 18.3 Å². The summed E-state index contributed by atoms with van der Waals surface area (Å²) in [5.74, 6) is -0.890. The molecule has 0 saturated carbocycles. The van der Waals surface area contributed by atoms with Crippen molar-refractivity contribution >= 4 is 33.9 Å². The molecule has 11 nitrogen and oxygen atoms in total. The zero-order chi connectivity index (χ0) is 26.2. The lowest BCUT2D eigenvalue weighted by atomic mass is 10.2. The minimum atomic E-state index is -4.64. The summed E-state index contributed by atoms with van der Waals surface area (Å²) in [4.78, 5) is 39.2. The Morgan fingerprint density at radius 3 is 2.37 bits per heavy atom. The Morgan fingerprint density at radius 1 is 1.14 bits per heavy atom. The Labute approximate surface area is 197 Å². The number of anilines is 1. The number of alkyl halides is 3. The molecule has 2 aromatic rings. The molecule has 0 spiro atoms. The van der Waals surface area contributed by atoms with Gasteiger partial charge in [-0.05, 0) is 42.8 Å². The maximum Gasteiger partial charge on any atom is 0.416 e. The number of aromatic nitrogens is 1. The Kier molecular flexibility index (Phi) is 8.77. The Bertz CT molecular complexity index is 1300. The average Bonchev–Trinajstić information content (AvgIpc) is 2.77. The van der Waals surface area contributed by atoms with Crippen LogP contribution in [0.2, 0.25) is 0 Å². The number of aldehydes is 1. The highest BCUT2D eigenvalue weighted by molar-refractivity contribution is 7.92. The summed E-state index contributed by atoms with van der Waals surface area (Å²) in [5, 5.41) is 2.29. The minimum absolute atomic E-state index is 0.0898. The van der Waals surface area contributed by atoms with Gasteiger partial charge < -0.3 is 21.4 Å². The van der Waals surface area contributed by atoms with Crippen LogP contribution in [0.1, 0.15) is 12.0 Å². The molecule has 0 atom stereocenters. The molecule has 1 aromatic carbocycles. The number of carbonyl (C=O) groups excluding carboxylic acids is 2. The number of hydrogen-bond donors (Lipinski definition) is 4. The number of guanidine groups is 1. The van der Waals surface area contributed by atoms with E-state index in [1.807, 2.05) is 4.72 Å². The average molecular weight is 514 g/mol. The maximum absolute atomic E-state index is 12.7. The summed E-state index contributed by atoms with van der Waals surface area (Å²) in [7, 11) is -4.40. The second kappa shape index (κ2) is 11.3. The fourth-order valence-electron chi connectivity index (χ4n) is 2.66. The Balaban J connectivity index is 2.14. The molecule has 0 aliphatic rings. The molecule has 15 heteroatoms. The van der Waals surface area contributed by atoms with Gasteiger partial charge in [0.05, 0.1) is 16.2 Å². The van der Waals surface area contributed by atoms with Crippen LogP contribution in [0.4, 0.5) is 18.9 Å². The SMILES string of the molecule is NC(N)=NCC/C=C(\C=O)NC(=O)Cn1cccc(NS(=O)(=O)c2ccc(C(F)(F)F)cc2)c1=O. The number of amides is 1. The van der Waals surface area contributed by atoms with E-state index in [0.29, 0.717) is 18.4 Å². The quantitative estimate of drug-likeness (QED) is 0.117. The highest BCUT2D eigenvalue weighted by Crippen LogP contribution is 2.29. The number of hydrogen-bond acceptors (Lipinski definition) is 6. The molecule has 0 unspecified atom stereocenters. The number of pyridine rings is 1. The first-order valence-electron chi connectivity index (χ1n) is 9.73. The van der Waals surface area contributed by atoms with Gasteiger partial charge >= 0.3 is 6.18 Å². The fraction of sp³-hybridized carbons (Fsp3) is 0.200. The van der Waals surface area contributed by atoms with Gasteiger partial charge in [0, 0.05) is 12.7 Å². The van der Waals surface area contributed by atoms with Crippen molar-refractivity contribution in [2.75, 3.05) is 11.3 Å². The van der Waals surface area contributed by atoms with Gasteiger partial charge in [0.1, 0.15) is 12.2 Å². The number of carbonyl (C=O) groups is 2. The summed E-state index contributed by atoms with van der Waals surface area (Å²) in [6.45, 7) is -0.385. The smallest absolute Gasteiger partial charge is 0.370 e. The molecule has 1 heterocycles. The zero-order valence-corrected chi connectivity index (χ0v) is 18.8. The number of halogens is 3. The lowest BCUT2D eigenvalue weighted by Crippen LogP contribution is -2.33. The van der Waals surface area contributed by atoms with E-state index in [-0.39, 0.29) is 24.6 Å². The summed E-state index contributed by atoms with van der Waals surface area (Å²) in [6.07, 6.45) is -1.44. The zero-order valence-electron chi connectivity index (χ0n) is 17.9. The molecule has 1 aromatic heterocycles. The van der Waals surface area contributed by atoms with E-state index >= 15 is 0 Å². The van der Waals surface area contributed by atoms with Crippen molar-refractivity contribution in [2.45, 2.75) is 24.0 Å². The first-order chi connectivity index (χ1) is 16.3. The topological polar surface area (TPSA) is 179 Å². The van der Waals surface area contributed by atoms with E-state index in [9.17, 15) is 36.0 Å². The maximum atomic E-state index is 12.7. The normalized spacial score (nSPS) is 12.0. The van der Waals surface area contributed by atoms with Gasteiger partial charge in [0.25, 0.3) is 15.6 Å². The molecule has 188 valence electrons. The standard InChI is InChI=1S/C20H21F3N6O5S/c21-20(22,23)13-5-7-15(8-6-13)35(33,34)28-16-4-2-10-29(18(16)32)11-17(31)27-14(12-30)3-1-9-26-19(24)25/h2-8,10,12,28H,1,9,11H2,(H,27,31)(H4,24,25,26)/b14-3+. The minimum Gasteiger partial charge on any atom is -0.370 e. The number of nitrogens with two attached hydrogens (primary N) is 2. The second-order valence-electron chi connectivity index (χ2n) is 6.90. The first-order valence-corrected chi connectivity index (χ1v) is 11.2. The molecule has 0 fully saturated rings.